The predicted molar refractivity (Wildman–Crippen MR) is 62.7 cm³/mol. The number of hydrogen-bond acceptors (Lipinski definition) is 2. The Hall–Kier alpha value is -2.02. The number of carbonyl (C=O) groups is 1. The molecule has 102 valence electrons. The second-order valence-corrected chi connectivity index (χ2v) is 4.01. The van der Waals surface area contributed by atoms with E-state index < -0.39 is 24.7 Å². The van der Waals surface area contributed by atoms with Gasteiger partial charge in [-0.25, -0.2) is 0 Å². The number of nitrogens with one attached hydrogen (secondary N) is 2. The molecule has 0 aliphatic rings. The lowest BCUT2D eigenvalue weighted by molar-refractivity contribution is -0.201. The Bertz CT molecular complexity index is 592. The van der Waals surface area contributed by atoms with E-state index >= 15 is 0 Å². The number of carbonyl (C=O) groups excluding carboxylic acids is 1. The zero-order chi connectivity index (χ0) is 14.0. The number of H-pyrrole nitrogens is 1. The van der Waals surface area contributed by atoms with Crippen molar-refractivity contribution in [1.82, 2.24) is 10.3 Å². The number of rotatable bonds is 3. The third kappa shape index (κ3) is 2.87. The number of alkyl halides is 3. The molecule has 0 saturated carbocycles. The van der Waals surface area contributed by atoms with Crippen LogP contribution in [0.3, 0.4) is 0 Å². The van der Waals surface area contributed by atoms with E-state index in [1.165, 1.54) is 6.07 Å². The highest BCUT2D eigenvalue weighted by Gasteiger charge is 2.38. The van der Waals surface area contributed by atoms with E-state index in [0.29, 0.717) is 10.9 Å². The molecule has 2 rings (SSSR count). The summed E-state index contributed by atoms with van der Waals surface area (Å²) < 4.78 is 36.3. The van der Waals surface area contributed by atoms with Gasteiger partial charge in [-0.05, 0) is 18.2 Å². The van der Waals surface area contributed by atoms with Gasteiger partial charge in [0.15, 0.2) is 6.10 Å². The normalized spacial score (nSPS) is 13.5. The minimum Gasteiger partial charge on any atom is -0.382 e. The lowest BCUT2D eigenvalue weighted by Crippen LogP contribution is -2.40. The van der Waals surface area contributed by atoms with E-state index in [1.807, 2.05) is 0 Å². The van der Waals surface area contributed by atoms with Crippen LogP contribution in [0.2, 0.25) is 0 Å². The van der Waals surface area contributed by atoms with Crippen molar-refractivity contribution in [2.75, 3.05) is 6.54 Å². The maximum atomic E-state index is 12.1. The molecule has 1 heterocycles. The van der Waals surface area contributed by atoms with Crippen molar-refractivity contribution in [3.05, 3.63) is 36.0 Å². The number of aromatic nitrogens is 1. The van der Waals surface area contributed by atoms with Crippen LogP contribution in [-0.2, 0) is 0 Å². The van der Waals surface area contributed by atoms with Gasteiger partial charge in [0.1, 0.15) is 0 Å². The number of fused-ring (bicyclic) bond motifs is 1. The monoisotopic (exact) mass is 272 g/mol. The molecular formula is C12H11F3N2O2. The Labute approximate surface area is 106 Å². The van der Waals surface area contributed by atoms with Gasteiger partial charge in [-0.1, -0.05) is 6.07 Å². The lowest BCUT2D eigenvalue weighted by Gasteiger charge is -2.15. The Balaban J connectivity index is 2.11. The van der Waals surface area contributed by atoms with Crippen LogP contribution in [0.1, 0.15) is 10.4 Å². The largest absolute Gasteiger partial charge is 0.416 e. The van der Waals surface area contributed by atoms with Crippen LogP contribution in [-0.4, -0.2) is 34.8 Å². The summed E-state index contributed by atoms with van der Waals surface area (Å²) in [5.74, 6) is -0.659. The molecule has 0 aliphatic carbocycles. The van der Waals surface area contributed by atoms with Crippen LogP contribution >= 0.6 is 0 Å². The highest BCUT2D eigenvalue weighted by molar-refractivity contribution is 6.06. The Morgan fingerprint density at radius 2 is 2.11 bits per heavy atom. The van der Waals surface area contributed by atoms with Crippen molar-refractivity contribution < 1.29 is 23.1 Å². The molecule has 2 aromatic rings. The van der Waals surface area contributed by atoms with Gasteiger partial charge in [0.05, 0.1) is 6.54 Å². The van der Waals surface area contributed by atoms with Crippen LogP contribution in [0.4, 0.5) is 13.2 Å². The first-order valence-corrected chi connectivity index (χ1v) is 5.48. The standard InChI is InChI=1S/C12H11F3N2O2/c13-12(14,15)10(18)6-17-11(19)8-2-1-3-9-7(8)4-5-16-9/h1-5,10,16,18H,6H2,(H,17,19). The fraction of sp³-hybridized carbons (Fsp3) is 0.250. The Morgan fingerprint density at radius 3 is 2.79 bits per heavy atom. The predicted octanol–water partition coefficient (Wildman–Crippen LogP) is 1.82. The van der Waals surface area contributed by atoms with Gasteiger partial charge < -0.3 is 15.4 Å². The summed E-state index contributed by atoms with van der Waals surface area (Å²) in [4.78, 5) is 14.7. The highest BCUT2D eigenvalue weighted by atomic mass is 19.4. The van der Waals surface area contributed by atoms with E-state index in [2.05, 4.69) is 10.3 Å². The van der Waals surface area contributed by atoms with E-state index in [0.717, 1.165) is 0 Å². The third-order valence-corrected chi connectivity index (χ3v) is 2.67. The molecule has 1 unspecified atom stereocenters. The molecule has 7 heteroatoms. The van der Waals surface area contributed by atoms with Gasteiger partial charge in [-0.2, -0.15) is 13.2 Å². The van der Waals surface area contributed by atoms with Crippen molar-refractivity contribution >= 4 is 16.8 Å². The molecule has 4 nitrogen and oxygen atoms in total. The second kappa shape index (κ2) is 4.93. The van der Waals surface area contributed by atoms with Crippen LogP contribution in [0.15, 0.2) is 30.5 Å². The van der Waals surface area contributed by atoms with Gasteiger partial charge in [0, 0.05) is 22.7 Å². The number of aliphatic hydroxyl groups is 1. The summed E-state index contributed by atoms with van der Waals surface area (Å²) in [5.41, 5.74) is 0.970. The molecule has 3 N–H and O–H groups in total. The fourth-order valence-corrected chi connectivity index (χ4v) is 1.68. The van der Waals surface area contributed by atoms with Gasteiger partial charge >= 0.3 is 6.18 Å². The smallest absolute Gasteiger partial charge is 0.382 e. The van der Waals surface area contributed by atoms with Gasteiger partial charge in [0.2, 0.25) is 0 Å². The van der Waals surface area contributed by atoms with Crippen molar-refractivity contribution in [2.24, 2.45) is 0 Å². The summed E-state index contributed by atoms with van der Waals surface area (Å²) in [6.07, 6.45) is -5.68. The Morgan fingerprint density at radius 1 is 1.37 bits per heavy atom. The summed E-state index contributed by atoms with van der Waals surface area (Å²) in [6, 6.07) is 6.53. The summed E-state index contributed by atoms with van der Waals surface area (Å²) in [6.45, 7) is -0.872. The second-order valence-electron chi connectivity index (χ2n) is 4.01. The maximum absolute atomic E-state index is 12.1. The average Bonchev–Trinajstić information content (AvgIpc) is 2.82. The molecule has 1 aromatic carbocycles. The zero-order valence-corrected chi connectivity index (χ0v) is 9.66. The quantitative estimate of drug-likeness (QED) is 0.798. The van der Waals surface area contributed by atoms with Crippen LogP contribution in [0, 0.1) is 0 Å². The van der Waals surface area contributed by atoms with Crippen LogP contribution < -0.4 is 5.32 Å². The molecule has 1 atom stereocenters. The van der Waals surface area contributed by atoms with E-state index in [-0.39, 0.29) is 5.56 Å². The number of hydrogen-bond donors (Lipinski definition) is 3. The van der Waals surface area contributed by atoms with E-state index in [4.69, 9.17) is 5.11 Å². The SMILES string of the molecule is O=C(NCC(O)C(F)(F)F)c1cccc2[nH]ccc12. The summed E-state index contributed by atoms with van der Waals surface area (Å²) in [7, 11) is 0. The zero-order valence-electron chi connectivity index (χ0n) is 9.66. The van der Waals surface area contributed by atoms with Crippen molar-refractivity contribution in [3.8, 4) is 0 Å². The van der Waals surface area contributed by atoms with Crippen molar-refractivity contribution in [1.29, 1.82) is 0 Å². The lowest BCUT2D eigenvalue weighted by atomic mass is 10.1. The first kappa shape index (κ1) is 13.4. The van der Waals surface area contributed by atoms with E-state index in [9.17, 15) is 18.0 Å². The van der Waals surface area contributed by atoms with Crippen LogP contribution in [0.5, 0.6) is 0 Å². The Kier molecular flexibility index (Phi) is 3.48. The number of aliphatic hydroxyl groups excluding tert-OH is 1. The number of benzene rings is 1. The van der Waals surface area contributed by atoms with Crippen molar-refractivity contribution in [2.45, 2.75) is 12.3 Å². The molecule has 0 bridgehead atoms. The molecule has 1 aromatic heterocycles. The molecular weight excluding hydrogens is 261 g/mol. The molecule has 0 spiro atoms. The minimum absolute atomic E-state index is 0.258. The number of aromatic amines is 1. The number of amides is 1. The third-order valence-electron chi connectivity index (χ3n) is 2.67. The molecule has 19 heavy (non-hydrogen) atoms. The number of halogens is 3. The molecule has 0 saturated heterocycles. The first-order chi connectivity index (χ1) is 8.89. The van der Waals surface area contributed by atoms with E-state index in [1.54, 1.807) is 24.4 Å². The molecule has 0 radical (unpaired) electrons. The maximum Gasteiger partial charge on any atom is 0.416 e. The minimum atomic E-state index is -4.74. The molecule has 1 amide bonds. The van der Waals surface area contributed by atoms with Gasteiger partial charge in [0.25, 0.3) is 5.91 Å². The van der Waals surface area contributed by atoms with Crippen molar-refractivity contribution in [3.63, 3.8) is 0 Å². The molecule has 0 aliphatic heterocycles. The van der Waals surface area contributed by atoms with Gasteiger partial charge in [-0.3, -0.25) is 4.79 Å². The van der Waals surface area contributed by atoms with Gasteiger partial charge in [-0.15, -0.1) is 0 Å². The highest BCUT2D eigenvalue weighted by Crippen LogP contribution is 2.20. The summed E-state index contributed by atoms with van der Waals surface area (Å²) >= 11 is 0. The van der Waals surface area contributed by atoms with Crippen LogP contribution in [0.25, 0.3) is 10.9 Å². The summed E-state index contributed by atoms with van der Waals surface area (Å²) in [5, 5.41) is 11.5. The average molecular weight is 272 g/mol. The first-order valence-electron chi connectivity index (χ1n) is 5.48. The molecule has 0 fully saturated rings. The fourth-order valence-electron chi connectivity index (χ4n) is 1.68. The topological polar surface area (TPSA) is 65.1 Å².